The van der Waals surface area contributed by atoms with E-state index in [1.54, 1.807) is 26.0 Å². The van der Waals surface area contributed by atoms with E-state index in [2.05, 4.69) is 4.98 Å². The second-order valence-corrected chi connectivity index (χ2v) is 4.96. The summed E-state index contributed by atoms with van der Waals surface area (Å²) in [6.07, 6.45) is 0. The van der Waals surface area contributed by atoms with Gasteiger partial charge in [0.25, 0.3) is 0 Å². The summed E-state index contributed by atoms with van der Waals surface area (Å²) in [5.41, 5.74) is 0.563. The average molecular weight is 237 g/mol. The molecule has 1 aromatic carbocycles. The van der Waals surface area contributed by atoms with E-state index in [1.807, 2.05) is 5.38 Å². The largest absolute Gasteiger partial charge is 0.384 e. The molecular weight excluding hydrogens is 225 g/mol. The van der Waals surface area contributed by atoms with Gasteiger partial charge in [0.15, 0.2) is 0 Å². The molecule has 1 heterocycles. The van der Waals surface area contributed by atoms with Crippen LogP contribution in [0.5, 0.6) is 0 Å². The molecular formula is C12H12FNOS. The molecule has 16 heavy (non-hydrogen) atoms. The number of hydrogen-bond acceptors (Lipinski definition) is 3. The molecule has 2 rings (SSSR count). The van der Waals surface area contributed by atoms with Crippen molar-refractivity contribution in [2.75, 3.05) is 0 Å². The molecule has 0 saturated carbocycles. The molecule has 0 spiro atoms. The quantitative estimate of drug-likeness (QED) is 0.870. The van der Waals surface area contributed by atoms with Crippen LogP contribution in [0.4, 0.5) is 4.39 Å². The first-order valence-corrected chi connectivity index (χ1v) is 5.79. The van der Waals surface area contributed by atoms with Crippen molar-refractivity contribution in [1.29, 1.82) is 0 Å². The summed E-state index contributed by atoms with van der Waals surface area (Å²) in [6, 6.07) is 6.17. The zero-order valence-corrected chi connectivity index (χ0v) is 9.88. The van der Waals surface area contributed by atoms with E-state index < -0.39 is 5.60 Å². The van der Waals surface area contributed by atoms with Crippen molar-refractivity contribution in [3.05, 3.63) is 41.2 Å². The van der Waals surface area contributed by atoms with Gasteiger partial charge in [0, 0.05) is 10.9 Å². The standard InChI is InChI=1S/C12H12FNOS/c1-12(2,15)10-7-16-11(14-10)8-3-5-9(13)6-4-8/h3-7,15H,1-2H3. The van der Waals surface area contributed by atoms with Crippen molar-refractivity contribution in [2.45, 2.75) is 19.4 Å². The van der Waals surface area contributed by atoms with Crippen LogP contribution >= 0.6 is 11.3 Å². The van der Waals surface area contributed by atoms with E-state index in [1.165, 1.54) is 23.5 Å². The number of aliphatic hydroxyl groups is 1. The first kappa shape index (κ1) is 11.2. The van der Waals surface area contributed by atoms with Gasteiger partial charge in [-0.3, -0.25) is 0 Å². The topological polar surface area (TPSA) is 33.1 Å². The van der Waals surface area contributed by atoms with Crippen molar-refractivity contribution in [3.63, 3.8) is 0 Å². The van der Waals surface area contributed by atoms with Crippen molar-refractivity contribution < 1.29 is 9.50 Å². The number of thiazole rings is 1. The number of rotatable bonds is 2. The number of hydrogen-bond donors (Lipinski definition) is 1. The number of halogens is 1. The Hall–Kier alpha value is -1.26. The normalized spacial score (nSPS) is 11.8. The van der Waals surface area contributed by atoms with Crippen LogP contribution in [-0.2, 0) is 5.60 Å². The Kier molecular flexibility index (Phi) is 2.78. The van der Waals surface area contributed by atoms with Gasteiger partial charge in [0.05, 0.1) is 5.69 Å². The molecule has 0 amide bonds. The van der Waals surface area contributed by atoms with Gasteiger partial charge in [-0.25, -0.2) is 9.37 Å². The molecule has 0 radical (unpaired) electrons. The smallest absolute Gasteiger partial charge is 0.123 e. The van der Waals surface area contributed by atoms with Gasteiger partial charge in [0.1, 0.15) is 16.4 Å². The first-order chi connectivity index (χ1) is 7.47. The van der Waals surface area contributed by atoms with Gasteiger partial charge in [-0.1, -0.05) is 0 Å². The Labute approximate surface area is 97.4 Å². The Morgan fingerprint density at radius 2 is 1.88 bits per heavy atom. The highest BCUT2D eigenvalue weighted by atomic mass is 32.1. The van der Waals surface area contributed by atoms with Crippen LogP contribution in [-0.4, -0.2) is 10.1 Å². The van der Waals surface area contributed by atoms with Crippen LogP contribution in [0.3, 0.4) is 0 Å². The third kappa shape index (κ3) is 2.28. The maximum absolute atomic E-state index is 12.7. The maximum Gasteiger partial charge on any atom is 0.123 e. The molecule has 4 heteroatoms. The van der Waals surface area contributed by atoms with E-state index in [9.17, 15) is 9.50 Å². The lowest BCUT2D eigenvalue weighted by molar-refractivity contribution is 0.0746. The molecule has 2 aromatic rings. The van der Waals surface area contributed by atoms with Crippen molar-refractivity contribution in [3.8, 4) is 10.6 Å². The van der Waals surface area contributed by atoms with E-state index in [0.717, 1.165) is 10.6 Å². The van der Waals surface area contributed by atoms with Gasteiger partial charge in [-0.05, 0) is 38.1 Å². The lowest BCUT2D eigenvalue weighted by atomic mass is 10.1. The van der Waals surface area contributed by atoms with Crippen LogP contribution in [0, 0.1) is 5.82 Å². The summed E-state index contributed by atoms with van der Waals surface area (Å²) in [4.78, 5) is 4.33. The lowest BCUT2D eigenvalue weighted by Gasteiger charge is -2.12. The van der Waals surface area contributed by atoms with Gasteiger partial charge >= 0.3 is 0 Å². The average Bonchev–Trinajstić information content (AvgIpc) is 2.67. The predicted molar refractivity (Wildman–Crippen MR) is 62.8 cm³/mol. The molecule has 2 nitrogen and oxygen atoms in total. The van der Waals surface area contributed by atoms with Crippen molar-refractivity contribution in [2.24, 2.45) is 0 Å². The molecule has 0 aliphatic carbocycles. The fourth-order valence-corrected chi connectivity index (χ4v) is 2.27. The molecule has 0 fully saturated rings. The second kappa shape index (κ2) is 3.96. The fourth-order valence-electron chi connectivity index (χ4n) is 1.28. The minimum absolute atomic E-state index is 0.261. The molecule has 0 unspecified atom stereocenters. The molecule has 0 atom stereocenters. The van der Waals surface area contributed by atoms with Crippen molar-refractivity contribution in [1.82, 2.24) is 4.98 Å². The fraction of sp³-hybridized carbons (Fsp3) is 0.250. The summed E-state index contributed by atoms with van der Waals surface area (Å²) >= 11 is 1.44. The van der Waals surface area contributed by atoms with Gasteiger partial charge < -0.3 is 5.11 Å². The molecule has 1 N–H and O–H groups in total. The third-order valence-corrected chi connectivity index (χ3v) is 3.11. The van der Waals surface area contributed by atoms with Gasteiger partial charge in [-0.2, -0.15) is 0 Å². The number of nitrogens with zero attached hydrogens (tertiary/aromatic N) is 1. The van der Waals surface area contributed by atoms with Crippen LogP contribution < -0.4 is 0 Å². The summed E-state index contributed by atoms with van der Waals surface area (Å²) < 4.78 is 12.7. The van der Waals surface area contributed by atoms with E-state index >= 15 is 0 Å². The van der Waals surface area contributed by atoms with Crippen LogP contribution in [0.25, 0.3) is 10.6 Å². The monoisotopic (exact) mass is 237 g/mol. The summed E-state index contributed by atoms with van der Waals surface area (Å²) in [6.45, 7) is 3.38. The van der Waals surface area contributed by atoms with Gasteiger partial charge in [0.2, 0.25) is 0 Å². The summed E-state index contributed by atoms with van der Waals surface area (Å²) in [5, 5.41) is 12.4. The SMILES string of the molecule is CC(C)(O)c1csc(-c2ccc(F)cc2)n1. The van der Waals surface area contributed by atoms with Crippen LogP contribution in [0.1, 0.15) is 19.5 Å². The molecule has 84 valence electrons. The highest BCUT2D eigenvalue weighted by Gasteiger charge is 2.19. The molecule has 0 bridgehead atoms. The number of aromatic nitrogens is 1. The highest BCUT2D eigenvalue weighted by molar-refractivity contribution is 7.13. The predicted octanol–water partition coefficient (Wildman–Crippen LogP) is 3.18. The van der Waals surface area contributed by atoms with E-state index in [4.69, 9.17) is 0 Å². The van der Waals surface area contributed by atoms with Crippen LogP contribution in [0.2, 0.25) is 0 Å². The van der Waals surface area contributed by atoms with Gasteiger partial charge in [-0.15, -0.1) is 11.3 Å². The Morgan fingerprint density at radius 3 is 2.38 bits per heavy atom. The zero-order chi connectivity index (χ0) is 11.8. The Balaban J connectivity index is 2.35. The lowest BCUT2D eigenvalue weighted by Crippen LogP contribution is -2.15. The molecule has 0 aliphatic rings. The van der Waals surface area contributed by atoms with Crippen LogP contribution in [0.15, 0.2) is 29.6 Å². The second-order valence-electron chi connectivity index (χ2n) is 4.10. The molecule has 0 aliphatic heterocycles. The zero-order valence-electron chi connectivity index (χ0n) is 9.07. The minimum atomic E-state index is -0.936. The Bertz CT molecular complexity index is 484. The molecule has 0 saturated heterocycles. The van der Waals surface area contributed by atoms with E-state index in [-0.39, 0.29) is 5.82 Å². The Morgan fingerprint density at radius 1 is 1.25 bits per heavy atom. The molecule has 1 aromatic heterocycles. The minimum Gasteiger partial charge on any atom is -0.384 e. The summed E-state index contributed by atoms with van der Waals surface area (Å²) in [5.74, 6) is -0.261. The summed E-state index contributed by atoms with van der Waals surface area (Å²) in [7, 11) is 0. The third-order valence-electron chi connectivity index (χ3n) is 2.22. The maximum atomic E-state index is 12.7. The highest BCUT2D eigenvalue weighted by Crippen LogP contribution is 2.28. The van der Waals surface area contributed by atoms with E-state index in [0.29, 0.717) is 5.69 Å². The first-order valence-electron chi connectivity index (χ1n) is 4.91. The van der Waals surface area contributed by atoms with Crippen molar-refractivity contribution >= 4 is 11.3 Å². The number of benzene rings is 1.